The molecule has 0 aliphatic carbocycles. The molecule has 1 aromatic heterocycles. The molecule has 0 fully saturated rings. The van der Waals surface area contributed by atoms with Crippen molar-refractivity contribution in [2.75, 3.05) is 0 Å². The molecule has 0 saturated heterocycles. The van der Waals surface area contributed by atoms with Crippen LogP contribution in [0.3, 0.4) is 0 Å². The van der Waals surface area contributed by atoms with Crippen molar-refractivity contribution in [3.63, 3.8) is 0 Å². The van der Waals surface area contributed by atoms with E-state index in [2.05, 4.69) is 62.3 Å². The summed E-state index contributed by atoms with van der Waals surface area (Å²) in [6.07, 6.45) is 2.10. The molecule has 0 radical (unpaired) electrons. The maximum atomic E-state index is 3.33. The van der Waals surface area contributed by atoms with Gasteiger partial charge in [0.25, 0.3) is 0 Å². The number of benzene rings is 1. The molecule has 0 bridgehead atoms. The van der Waals surface area contributed by atoms with E-state index >= 15 is 0 Å². The fraction of sp³-hybridized carbons (Fsp3) is 0.286. The first-order valence-electron chi connectivity index (χ1n) is 5.32. The third-order valence-corrected chi connectivity index (χ3v) is 2.63. The van der Waals surface area contributed by atoms with Crippen molar-refractivity contribution in [3.05, 3.63) is 48.2 Å². The zero-order valence-electron chi connectivity index (χ0n) is 9.54. The van der Waals surface area contributed by atoms with Gasteiger partial charge in [0.2, 0.25) is 0 Å². The summed E-state index contributed by atoms with van der Waals surface area (Å²) in [5.41, 5.74) is 4.00. The van der Waals surface area contributed by atoms with Gasteiger partial charge in [0.1, 0.15) is 0 Å². The summed E-state index contributed by atoms with van der Waals surface area (Å²) in [6, 6.07) is 12.6. The van der Waals surface area contributed by atoms with Crippen LogP contribution in [0.1, 0.15) is 26.3 Å². The van der Waals surface area contributed by atoms with Crippen LogP contribution in [0.2, 0.25) is 0 Å². The second-order valence-electron chi connectivity index (χ2n) is 4.92. The molecular formula is C14H17N. The lowest BCUT2D eigenvalue weighted by Gasteiger charge is -2.15. The molecular weight excluding hydrogens is 182 g/mol. The number of aromatic nitrogens is 1. The lowest BCUT2D eigenvalue weighted by Crippen LogP contribution is -2.09. The first kappa shape index (κ1) is 10.0. The Bertz CT molecular complexity index is 432. The monoisotopic (exact) mass is 199 g/mol. The Balaban J connectivity index is 2.37. The predicted molar refractivity (Wildman–Crippen MR) is 64.9 cm³/mol. The molecule has 0 spiro atoms. The molecule has 0 saturated carbocycles. The van der Waals surface area contributed by atoms with Crippen LogP contribution in [0.25, 0.3) is 11.3 Å². The number of H-pyrrole nitrogens is 1. The Labute approximate surface area is 91.2 Å². The Morgan fingerprint density at radius 1 is 1.00 bits per heavy atom. The van der Waals surface area contributed by atoms with Crippen molar-refractivity contribution in [3.8, 4) is 11.3 Å². The number of nitrogens with one attached hydrogen (secondary N) is 1. The topological polar surface area (TPSA) is 15.8 Å². The van der Waals surface area contributed by atoms with Gasteiger partial charge in [-0.2, -0.15) is 0 Å². The van der Waals surface area contributed by atoms with Crippen LogP contribution in [0, 0.1) is 0 Å². The van der Waals surface area contributed by atoms with Crippen LogP contribution in [0.4, 0.5) is 0 Å². The minimum Gasteiger partial charge on any atom is -0.361 e. The zero-order chi connectivity index (χ0) is 10.9. The predicted octanol–water partition coefficient (Wildman–Crippen LogP) is 3.98. The number of hydrogen-bond donors (Lipinski definition) is 1. The van der Waals surface area contributed by atoms with Crippen molar-refractivity contribution >= 4 is 0 Å². The van der Waals surface area contributed by atoms with E-state index in [1.54, 1.807) is 0 Å². The second-order valence-corrected chi connectivity index (χ2v) is 4.92. The summed E-state index contributed by atoms with van der Waals surface area (Å²) in [6.45, 7) is 6.68. The lowest BCUT2D eigenvalue weighted by molar-refractivity contribution is 0.591. The quantitative estimate of drug-likeness (QED) is 0.715. The van der Waals surface area contributed by atoms with Gasteiger partial charge in [-0.05, 0) is 22.6 Å². The van der Waals surface area contributed by atoms with Crippen molar-refractivity contribution in [2.24, 2.45) is 0 Å². The Hall–Kier alpha value is -1.50. The van der Waals surface area contributed by atoms with E-state index in [-0.39, 0.29) is 5.41 Å². The first-order chi connectivity index (χ1) is 7.07. The first-order valence-corrected chi connectivity index (χ1v) is 5.32. The average molecular weight is 199 g/mol. The van der Waals surface area contributed by atoms with Crippen LogP contribution in [0.5, 0.6) is 0 Å². The number of aromatic amines is 1. The van der Waals surface area contributed by atoms with Crippen molar-refractivity contribution in [1.82, 2.24) is 4.98 Å². The van der Waals surface area contributed by atoms with E-state index in [0.29, 0.717) is 0 Å². The minimum atomic E-state index is 0.212. The Kier molecular flexibility index (Phi) is 2.39. The van der Waals surface area contributed by atoms with Gasteiger partial charge in [-0.3, -0.25) is 0 Å². The van der Waals surface area contributed by atoms with Gasteiger partial charge >= 0.3 is 0 Å². The summed E-state index contributed by atoms with van der Waals surface area (Å²) in [7, 11) is 0. The molecule has 0 aliphatic rings. The van der Waals surface area contributed by atoms with Crippen molar-refractivity contribution in [2.45, 2.75) is 26.2 Å². The van der Waals surface area contributed by atoms with Crippen LogP contribution in [0.15, 0.2) is 42.6 Å². The van der Waals surface area contributed by atoms with E-state index in [4.69, 9.17) is 0 Å². The third kappa shape index (κ3) is 2.12. The third-order valence-electron chi connectivity index (χ3n) is 2.63. The number of rotatable bonds is 1. The smallest absolute Gasteiger partial charge is 0.0456 e. The molecule has 2 aromatic rings. The van der Waals surface area contributed by atoms with Gasteiger partial charge in [0.15, 0.2) is 0 Å². The summed E-state index contributed by atoms with van der Waals surface area (Å²) in [4.78, 5) is 3.33. The molecule has 1 N–H and O–H groups in total. The SMILES string of the molecule is CC(C)(C)c1c[nH]c(-c2ccccc2)c1. The van der Waals surface area contributed by atoms with E-state index in [9.17, 15) is 0 Å². The Morgan fingerprint density at radius 3 is 2.20 bits per heavy atom. The standard InChI is InChI=1S/C14H17N/c1-14(2,3)12-9-13(15-10-12)11-7-5-4-6-8-11/h4-10,15H,1-3H3. The van der Waals surface area contributed by atoms with Gasteiger partial charge in [-0.1, -0.05) is 51.1 Å². The summed E-state index contributed by atoms with van der Waals surface area (Å²) >= 11 is 0. The molecule has 15 heavy (non-hydrogen) atoms. The zero-order valence-corrected chi connectivity index (χ0v) is 9.54. The molecule has 0 amide bonds. The normalized spacial score (nSPS) is 11.7. The van der Waals surface area contributed by atoms with Crippen molar-refractivity contribution < 1.29 is 0 Å². The minimum absolute atomic E-state index is 0.212. The van der Waals surface area contributed by atoms with Gasteiger partial charge < -0.3 is 4.98 Å². The van der Waals surface area contributed by atoms with Gasteiger partial charge in [-0.15, -0.1) is 0 Å². The van der Waals surface area contributed by atoms with Crippen LogP contribution < -0.4 is 0 Å². The molecule has 1 heteroatoms. The van der Waals surface area contributed by atoms with Gasteiger partial charge in [0.05, 0.1) is 0 Å². The molecule has 0 atom stereocenters. The maximum Gasteiger partial charge on any atom is 0.0456 e. The largest absolute Gasteiger partial charge is 0.361 e. The number of hydrogen-bond acceptors (Lipinski definition) is 0. The maximum absolute atomic E-state index is 3.33. The Morgan fingerprint density at radius 2 is 1.67 bits per heavy atom. The molecule has 2 rings (SSSR count). The highest BCUT2D eigenvalue weighted by Crippen LogP contribution is 2.26. The summed E-state index contributed by atoms with van der Waals surface area (Å²) in [5.74, 6) is 0. The van der Waals surface area contributed by atoms with E-state index in [1.165, 1.54) is 16.8 Å². The molecule has 1 heterocycles. The van der Waals surface area contributed by atoms with E-state index in [1.807, 2.05) is 6.07 Å². The fourth-order valence-electron chi connectivity index (χ4n) is 1.61. The molecule has 1 nitrogen and oxygen atoms in total. The fourth-order valence-corrected chi connectivity index (χ4v) is 1.61. The van der Waals surface area contributed by atoms with E-state index < -0.39 is 0 Å². The molecule has 1 aromatic carbocycles. The van der Waals surface area contributed by atoms with Crippen LogP contribution in [-0.4, -0.2) is 4.98 Å². The van der Waals surface area contributed by atoms with Gasteiger partial charge in [0, 0.05) is 11.9 Å². The van der Waals surface area contributed by atoms with Gasteiger partial charge in [-0.25, -0.2) is 0 Å². The molecule has 0 unspecified atom stereocenters. The molecule has 0 aliphatic heterocycles. The molecule has 78 valence electrons. The highest BCUT2D eigenvalue weighted by atomic mass is 14.7. The summed E-state index contributed by atoms with van der Waals surface area (Å²) < 4.78 is 0. The highest BCUT2D eigenvalue weighted by Gasteiger charge is 2.15. The van der Waals surface area contributed by atoms with E-state index in [0.717, 1.165) is 0 Å². The lowest BCUT2D eigenvalue weighted by atomic mass is 9.89. The average Bonchev–Trinajstić information content (AvgIpc) is 2.67. The van der Waals surface area contributed by atoms with Crippen LogP contribution >= 0.6 is 0 Å². The van der Waals surface area contributed by atoms with Crippen molar-refractivity contribution in [1.29, 1.82) is 0 Å². The van der Waals surface area contributed by atoms with Crippen LogP contribution in [-0.2, 0) is 5.41 Å². The summed E-state index contributed by atoms with van der Waals surface area (Å²) in [5, 5.41) is 0. The highest BCUT2D eigenvalue weighted by molar-refractivity contribution is 5.60. The second kappa shape index (κ2) is 3.58.